The number of pyridine rings is 1. The molecule has 1 heterocycles. The molecule has 6 heteroatoms. The highest BCUT2D eigenvalue weighted by atomic mass is 35.5. The molecule has 144 valence electrons. The summed E-state index contributed by atoms with van der Waals surface area (Å²) in [6.07, 6.45) is 1.56. The minimum absolute atomic E-state index is 0.201. The number of fused-ring (bicyclic) bond motifs is 1. The van der Waals surface area contributed by atoms with Crippen LogP contribution < -0.4 is 10.3 Å². The van der Waals surface area contributed by atoms with Crippen LogP contribution in [0.1, 0.15) is 5.56 Å². The van der Waals surface area contributed by atoms with E-state index in [4.69, 9.17) is 16.3 Å². The van der Waals surface area contributed by atoms with E-state index in [0.717, 1.165) is 5.75 Å². The SMILES string of the molecule is COc1ccc(N=Cc2c(O)n(-c3cccc(Cl)c3)c(=O)c3ccccc23)cc1. The molecule has 0 amide bonds. The Balaban J connectivity index is 1.93. The lowest BCUT2D eigenvalue weighted by Gasteiger charge is -2.14. The lowest BCUT2D eigenvalue weighted by molar-refractivity contribution is 0.415. The van der Waals surface area contributed by atoms with E-state index in [-0.39, 0.29) is 11.4 Å². The predicted molar refractivity (Wildman–Crippen MR) is 116 cm³/mol. The third kappa shape index (κ3) is 3.60. The Labute approximate surface area is 172 Å². The zero-order chi connectivity index (χ0) is 20.4. The summed E-state index contributed by atoms with van der Waals surface area (Å²) in [6, 6.07) is 21.1. The molecule has 4 rings (SSSR count). The zero-order valence-electron chi connectivity index (χ0n) is 15.5. The molecule has 0 fully saturated rings. The minimum atomic E-state index is -0.332. The Kier molecular flexibility index (Phi) is 5.06. The van der Waals surface area contributed by atoms with E-state index in [1.165, 1.54) is 4.57 Å². The lowest BCUT2D eigenvalue weighted by atomic mass is 10.1. The fourth-order valence-electron chi connectivity index (χ4n) is 3.15. The predicted octanol–water partition coefficient (Wildman–Crippen LogP) is 5.11. The monoisotopic (exact) mass is 404 g/mol. The van der Waals surface area contributed by atoms with E-state index < -0.39 is 0 Å². The van der Waals surface area contributed by atoms with Gasteiger partial charge < -0.3 is 9.84 Å². The first-order chi connectivity index (χ1) is 14.1. The van der Waals surface area contributed by atoms with Gasteiger partial charge in [-0.05, 0) is 48.5 Å². The first-order valence-corrected chi connectivity index (χ1v) is 9.27. The van der Waals surface area contributed by atoms with Gasteiger partial charge in [0.15, 0.2) is 0 Å². The van der Waals surface area contributed by atoms with Gasteiger partial charge >= 0.3 is 0 Å². The second-order valence-electron chi connectivity index (χ2n) is 6.36. The summed E-state index contributed by atoms with van der Waals surface area (Å²) >= 11 is 6.09. The van der Waals surface area contributed by atoms with Gasteiger partial charge in [0.1, 0.15) is 5.75 Å². The number of ether oxygens (including phenoxy) is 1. The standard InChI is InChI=1S/C23H17ClN2O3/c1-29-18-11-9-16(10-12-18)25-14-21-19-7-2-3-8-20(19)22(27)26(23(21)28)17-6-4-5-15(24)13-17/h2-14,28H,1H3. The summed E-state index contributed by atoms with van der Waals surface area (Å²) in [4.78, 5) is 17.5. The number of methoxy groups -OCH3 is 1. The van der Waals surface area contributed by atoms with Gasteiger partial charge in [0.2, 0.25) is 5.88 Å². The highest BCUT2D eigenvalue weighted by Gasteiger charge is 2.16. The molecule has 1 aromatic heterocycles. The normalized spacial score (nSPS) is 11.2. The molecule has 0 saturated carbocycles. The van der Waals surface area contributed by atoms with Crippen molar-refractivity contribution in [3.05, 3.63) is 93.7 Å². The van der Waals surface area contributed by atoms with Crippen LogP contribution in [0.4, 0.5) is 5.69 Å². The van der Waals surface area contributed by atoms with Crippen LogP contribution in [0.15, 0.2) is 82.6 Å². The van der Waals surface area contributed by atoms with Crippen molar-refractivity contribution in [2.45, 2.75) is 0 Å². The summed E-state index contributed by atoms with van der Waals surface area (Å²) < 4.78 is 6.40. The molecular weight excluding hydrogens is 388 g/mol. The highest BCUT2D eigenvalue weighted by Crippen LogP contribution is 2.27. The molecule has 0 atom stereocenters. The van der Waals surface area contributed by atoms with Crippen LogP contribution in [-0.2, 0) is 0 Å². The molecule has 3 aromatic carbocycles. The minimum Gasteiger partial charge on any atom is -0.497 e. The Morgan fingerprint density at radius 1 is 1.00 bits per heavy atom. The number of aliphatic imine (C=N–C) groups is 1. The first kappa shape index (κ1) is 18.8. The van der Waals surface area contributed by atoms with E-state index in [1.54, 1.807) is 67.9 Å². The van der Waals surface area contributed by atoms with Crippen molar-refractivity contribution in [1.29, 1.82) is 0 Å². The summed E-state index contributed by atoms with van der Waals surface area (Å²) in [7, 11) is 1.60. The van der Waals surface area contributed by atoms with Crippen molar-refractivity contribution in [3.8, 4) is 17.3 Å². The van der Waals surface area contributed by atoms with E-state index in [0.29, 0.717) is 32.7 Å². The molecule has 0 aliphatic carbocycles. The number of hydrogen-bond acceptors (Lipinski definition) is 4. The van der Waals surface area contributed by atoms with Gasteiger partial charge in [-0.2, -0.15) is 0 Å². The number of aromatic nitrogens is 1. The van der Waals surface area contributed by atoms with Crippen molar-refractivity contribution in [2.75, 3.05) is 7.11 Å². The molecular formula is C23H17ClN2O3. The number of aromatic hydroxyl groups is 1. The van der Waals surface area contributed by atoms with Crippen molar-refractivity contribution < 1.29 is 9.84 Å². The first-order valence-electron chi connectivity index (χ1n) is 8.89. The van der Waals surface area contributed by atoms with Gasteiger partial charge in [0.25, 0.3) is 5.56 Å². The van der Waals surface area contributed by atoms with Gasteiger partial charge in [0, 0.05) is 22.0 Å². The molecule has 1 N–H and O–H groups in total. The number of rotatable bonds is 4. The average molecular weight is 405 g/mol. The quantitative estimate of drug-likeness (QED) is 0.481. The van der Waals surface area contributed by atoms with Crippen molar-refractivity contribution in [1.82, 2.24) is 4.57 Å². The van der Waals surface area contributed by atoms with Crippen LogP contribution in [0, 0.1) is 0 Å². The zero-order valence-corrected chi connectivity index (χ0v) is 16.3. The van der Waals surface area contributed by atoms with Gasteiger partial charge in [-0.1, -0.05) is 35.9 Å². The highest BCUT2D eigenvalue weighted by molar-refractivity contribution is 6.30. The van der Waals surface area contributed by atoms with Crippen LogP contribution in [-0.4, -0.2) is 23.0 Å². The fraction of sp³-hybridized carbons (Fsp3) is 0.0435. The van der Waals surface area contributed by atoms with Crippen LogP contribution >= 0.6 is 11.6 Å². The summed E-state index contributed by atoms with van der Waals surface area (Å²) in [5.41, 5.74) is 1.28. The Morgan fingerprint density at radius 3 is 2.41 bits per heavy atom. The van der Waals surface area contributed by atoms with Crippen LogP contribution in [0.25, 0.3) is 16.5 Å². The molecule has 0 aliphatic rings. The van der Waals surface area contributed by atoms with Crippen LogP contribution in [0.5, 0.6) is 11.6 Å². The van der Waals surface area contributed by atoms with Gasteiger partial charge in [-0.15, -0.1) is 0 Å². The maximum Gasteiger partial charge on any atom is 0.265 e. The van der Waals surface area contributed by atoms with E-state index >= 15 is 0 Å². The van der Waals surface area contributed by atoms with Crippen molar-refractivity contribution in [3.63, 3.8) is 0 Å². The number of nitrogens with zero attached hydrogens (tertiary/aromatic N) is 2. The third-order valence-electron chi connectivity index (χ3n) is 4.58. The molecule has 0 unspecified atom stereocenters. The lowest BCUT2D eigenvalue weighted by Crippen LogP contribution is -2.20. The molecule has 4 aromatic rings. The number of halogens is 1. The second-order valence-corrected chi connectivity index (χ2v) is 6.80. The summed E-state index contributed by atoms with van der Waals surface area (Å²) in [6.45, 7) is 0. The Hall–Kier alpha value is -3.57. The topological polar surface area (TPSA) is 63.8 Å². The van der Waals surface area contributed by atoms with Gasteiger partial charge in [-0.3, -0.25) is 9.79 Å². The van der Waals surface area contributed by atoms with E-state index in [1.807, 2.05) is 18.2 Å². The molecule has 29 heavy (non-hydrogen) atoms. The Morgan fingerprint density at radius 2 is 1.72 bits per heavy atom. The number of benzene rings is 3. The maximum atomic E-state index is 13.1. The smallest absolute Gasteiger partial charge is 0.265 e. The molecule has 5 nitrogen and oxygen atoms in total. The largest absolute Gasteiger partial charge is 0.497 e. The summed E-state index contributed by atoms with van der Waals surface area (Å²) in [5.74, 6) is 0.528. The molecule has 0 radical (unpaired) electrons. The van der Waals surface area contributed by atoms with Gasteiger partial charge in [-0.25, -0.2) is 4.57 Å². The molecule has 0 aliphatic heterocycles. The fourth-order valence-corrected chi connectivity index (χ4v) is 3.34. The number of hydrogen-bond donors (Lipinski definition) is 1. The third-order valence-corrected chi connectivity index (χ3v) is 4.82. The summed E-state index contributed by atoms with van der Waals surface area (Å²) in [5, 5.41) is 12.5. The Bertz CT molecular complexity index is 1280. The van der Waals surface area contributed by atoms with Gasteiger partial charge in [0.05, 0.1) is 24.0 Å². The second kappa shape index (κ2) is 7.81. The van der Waals surface area contributed by atoms with Crippen LogP contribution in [0.2, 0.25) is 5.02 Å². The van der Waals surface area contributed by atoms with Crippen molar-refractivity contribution in [2.24, 2.45) is 4.99 Å². The molecule has 0 spiro atoms. The molecule has 0 bridgehead atoms. The van der Waals surface area contributed by atoms with E-state index in [2.05, 4.69) is 4.99 Å². The molecule has 0 saturated heterocycles. The van der Waals surface area contributed by atoms with E-state index in [9.17, 15) is 9.90 Å². The van der Waals surface area contributed by atoms with Crippen molar-refractivity contribution >= 4 is 34.3 Å². The van der Waals surface area contributed by atoms with Crippen LogP contribution in [0.3, 0.4) is 0 Å². The average Bonchev–Trinajstić information content (AvgIpc) is 2.74. The maximum absolute atomic E-state index is 13.1.